The van der Waals surface area contributed by atoms with Crippen LogP contribution in [-0.4, -0.2) is 17.4 Å². The summed E-state index contributed by atoms with van der Waals surface area (Å²) in [6.07, 6.45) is 2.46. The summed E-state index contributed by atoms with van der Waals surface area (Å²) in [5.41, 5.74) is 1.92. The molecule has 0 atom stereocenters. The molecule has 0 spiro atoms. The lowest BCUT2D eigenvalue weighted by molar-refractivity contribution is 0.0733. The standard InChI is InChI=1S/C20H19NO2/c22-20(18-10-5-2-6-11-18)21(16-19-12-7-15-23-19)14-13-17-8-3-1-4-9-17/h1-12,15H,13-14,16H2. The third-order valence-electron chi connectivity index (χ3n) is 3.75. The lowest BCUT2D eigenvalue weighted by Crippen LogP contribution is -2.32. The Bertz CT molecular complexity index is 721. The highest BCUT2D eigenvalue weighted by atomic mass is 16.3. The van der Waals surface area contributed by atoms with Crippen molar-refractivity contribution in [2.24, 2.45) is 0 Å². The molecule has 116 valence electrons. The molecule has 0 saturated heterocycles. The number of rotatable bonds is 6. The van der Waals surface area contributed by atoms with Crippen molar-refractivity contribution in [3.63, 3.8) is 0 Å². The van der Waals surface area contributed by atoms with E-state index in [0.717, 1.165) is 12.2 Å². The van der Waals surface area contributed by atoms with Gasteiger partial charge >= 0.3 is 0 Å². The molecule has 0 fully saturated rings. The second kappa shape index (κ2) is 7.45. The molecule has 3 heteroatoms. The van der Waals surface area contributed by atoms with Crippen LogP contribution in [0.3, 0.4) is 0 Å². The molecule has 0 N–H and O–H groups in total. The van der Waals surface area contributed by atoms with Gasteiger partial charge in [0.25, 0.3) is 5.91 Å². The van der Waals surface area contributed by atoms with Gasteiger partial charge in [0.1, 0.15) is 5.76 Å². The van der Waals surface area contributed by atoms with Crippen LogP contribution in [0.5, 0.6) is 0 Å². The van der Waals surface area contributed by atoms with E-state index in [-0.39, 0.29) is 5.91 Å². The van der Waals surface area contributed by atoms with Crippen molar-refractivity contribution in [3.8, 4) is 0 Å². The predicted molar refractivity (Wildman–Crippen MR) is 90.0 cm³/mol. The van der Waals surface area contributed by atoms with Gasteiger partial charge in [-0.3, -0.25) is 4.79 Å². The lowest BCUT2D eigenvalue weighted by Gasteiger charge is -2.22. The fourth-order valence-corrected chi connectivity index (χ4v) is 2.52. The minimum absolute atomic E-state index is 0.0259. The van der Waals surface area contributed by atoms with Gasteiger partial charge in [-0.25, -0.2) is 0 Å². The normalized spacial score (nSPS) is 10.4. The number of furan rings is 1. The summed E-state index contributed by atoms with van der Waals surface area (Å²) in [5, 5.41) is 0. The third kappa shape index (κ3) is 4.10. The quantitative estimate of drug-likeness (QED) is 0.685. The first-order valence-corrected chi connectivity index (χ1v) is 7.73. The molecule has 1 heterocycles. The zero-order chi connectivity index (χ0) is 15.9. The molecule has 0 aliphatic heterocycles. The molecule has 0 saturated carbocycles. The van der Waals surface area contributed by atoms with Gasteiger partial charge in [-0.1, -0.05) is 48.5 Å². The Morgan fingerprint density at radius 3 is 2.22 bits per heavy atom. The Kier molecular flexibility index (Phi) is 4.89. The summed E-state index contributed by atoms with van der Waals surface area (Å²) in [6, 6.07) is 23.3. The largest absolute Gasteiger partial charge is 0.467 e. The van der Waals surface area contributed by atoms with E-state index in [0.29, 0.717) is 18.7 Å². The predicted octanol–water partition coefficient (Wildman–Crippen LogP) is 4.16. The average molecular weight is 305 g/mol. The van der Waals surface area contributed by atoms with Crippen molar-refractivity contribution in [3.05, 3.63) is 95.9 Å². The molecular formula is C20H19NO2. The molecule has 1 amide bonds. The topological polar surface area (TPSA) is 33.5 Å². The monoisotopic (exact) mass is 305 g/mol. The second-order valence-corrected chi connectivity index (χ2v) is 5.41. The van der Waals surface area contributed by atoms with Crippen molar-refractivity contribution in [2.45, 2.75) is 13.0 Å². The van der Waals surface area contributed by atoms with Crippen molar-refractivity contribution >= 4 is 5.91 Å². The van der Waals surface area contributed by atoms with Gasteiger partial charge in [0.05, 0.1) is 12.8 Å². The SMILES string of the molecule is O=C(c1ccccc1)N(CCc1ccccc1)Cc1ccco1. The smallest absolute Gasteiger partial charge is 0.254 e. The van der Waals surface area contributed by atoms with Gasteiger partial charge in [-0.2, -0.15) is 0 Å². The Morgan fingerprint density at radius 2 is 1.57 bits per heavy atom. The fraction of sp³-hybridized carbons (Fsp3) is 0.150. The van der Waals surface area contributed by atoms with Crippen molar-refractivity contribution in [2.75, 3.05) is 6.54 Å². The van der Waals surface area contributed by atoms with Crippen molar-refractivity contribution < 1.29 is 9.21 Å². The van der Waals surface area contributed by atoms with Gasteiger partial charge in [0.2, 0.25) is 0 Å². The van der Waals surface area contributed by atoms with Crippen LogP contribution in [0.4, 0.5) is 0 Å². The van der Waals surface area contributed by atoms with E-state index in [1.54, 1.807) is 6.26 Å². The number of hydrogen-bond acceptors (Lipinski definition) is 2. The van der Waals surface area contributed by atoms with Crippen LogP contribution >= 0.6 is 0 Å². The summed E-state index contributed by atoms with van der Waals surface area (Å²) < 4.78 is 5.41. The highest BCUT2D eigenvalue weighted by Gasteiger charge is 2.17. The van der Waals surface area contributed by atoms with Crippen LogP contribution in [0.25, 0.3) is 0 Å². The van der Waals surface area contributed by atoms with Crippen LogP contribution in [-0.2, 0) is 13.0 Å². The van der Waals surface area contributed by atoms with Gasteiger partial charge in [0, 0.05) is 12.1 Å². The molecule has 0 aliphatic rings. The minimum Gasteiger partial charge on any atom is -0.467 e. The van der Waals surface area contributed by atoms with Crippen molar-refractivity contribution in [1.29, 1.82) is 0 Å². The molecular weight excluding hydrogens is 286 g/mol. The number of nitrogens with zero attached hydrogens (tertiary/aromatic N) is 1. The summed E-state index contributed by atoms with van der Waals surface area (Å²) in [5.74, 6) is 0.820. The Morgan fingerprint density at radius 1 is 0.870 bits per heavy atom. The Hall–Kier alpha value is -2.81. The molecule has 3 rings (SSSR count). The number of hydrogen-bond donors (Lipinski definition) is 0. The molecule has 0 radical (unpaired) electrons. The van der Waals surface area contributed by atoms with E-state index >= 15 is 0 Å². The van der Waals surface area contributed by atoms with E-state index in [1.807, 2.05) is 65.6 Å². The van der Waals surface area contributed by atoms with Gasteiger partial charge in [-0.15, -0.1) is 0 Å². The van der Waals surface area contributed by atoms with Crippen LogP contribution in [0.2, 0.25) is 0 Å². The zero-order valence-electron chi connectivity index (χ0n) is 12.9. The van der Waals surface area contributed by atoms with Crippen LogP contribution in [0, 0.1) is 0 Å². The molecule has 0 unspecified atom stereocenters. The summed E-state index contributed by atoms with van der Waals surface area (Å²) >= 11 is 0. The third-order valence-corrected chi connectivity index (χ3v) is 3.75. The van der Waals surface area contributed by atoms with E-state index in [2.05, 4.69) is 12.1 Å². The minimum atomic E-state index is 0.0259. The number of amides is 1. The molecule has 0 bridgehead atoms. The lowest BCUT2D eigenvalue weighted by atomic mass is 10.1. The molecule has 0 aliphatic carbocycles. The first-order chi connectivity index (χ1) is 11.3. The molecule has 3 aromatic rings. The van der Waals surface area contributed by atoms with E-state index in [1.165, 1.54) is 5.56 Å². The summed E-state index contributed by atoms with van der Waals surface area (Å²) in [6.45, 7) is 1.13. The van der Waals surface area contributed by atoms with Gasteiger partial charge < -0.3 is 9.32 Å². The van der Waals surface area contributed by atoms with E-state index in [9.17, 15) is 4.79 Å². The fourth-order valence-electron chi connectivity index (χ4n) is 2.52. The Balaban J connectivity index is 1.74. The maximum absolute atomic E-state index is 12.8. The summed E-state index contributed by atoms with van der Waals surface area (Å²) in [7, 11) is 0. The maximum Gasteiger partial charge on any atom is 0.254 e. The second-order valence-electron chi connectivity index (χ2n) is 5.41. The van der Waals surface area contributed by atoms with Crippen LogP contribution in [0.1, 0.15) is 21.7 Å². The molecule has 1 aromatic heterocycles. The molecule has 3 nitrogen and oxygen atoms in total. The van der Waals surface area contributed by atoms with Crippen molar-refractivity contribution in [1.82, 2.24) is 4.90 Å². The number of benzene rings is 2. The zero-order valence-corrected chi connectivity index (χ0v) is 12.9. The molecule has 2 aromatic carbocycles. The van der Waals surface area contributed by atoms with Crippen LogP contribution < -0.4 is 0 Å². The van der Waals surface area contributed by atoms with Gasteiger partial charge in [-0.05, 0) is 36.2 Å². The highest BCUT2D eigenvalue weighted by Crippen LogP contribution is 2.12. The first-order valence-electron chi connectivity index (χ1n) is 7.73. The van der Waals surface area contributed by atoms with Gasteiger partial charge in [0.15, 0.2) is 0 Å². The van der Waals surface area contributed by atoms with E-state index in [4.69, 9.17) is 4.42 Å². The summed E-state index contributed by atoms with van der Waals surface area (Å²) in [4.78, 5) is 14.6. The Labute approximate surface area is 136 Å². The maximum atomic E-state index is 12.8. The highest BCUT2D eigenvalue weighted by molar-refractivity contribution is 5.94. The number of carbonyl (C=O) groups excluding carboxylic acids is 1. The van der Waals surface area contributed by atoms with E-state index < -0.39 is 0 Å². The molecule has 23 heavy (non-hydrogen) atoms. The first kappa shape index (κ1) is 15.1. The number of carbonyl (C=O) groups is 1. The average Bonchev–Trinajstić information content (AvgIpc) is 3.13. The van der Waals surface area contributed by atoms with Crippen LogP contribution in [0.15, 0.2) is 83.5 Å².